The average molecular weight is 454 g/mol. The van der Waals surface area contributed by atoms with Crippen molar-refractivity contribution in [2.45, 2.75) is 18.7 Å². The summed E-state index contributed by atoms with van der Waals surface area (Å²) in [6.07, 6.45) is 1.57. The fourth-order valence-electron chi connectivity index (χ4n) is 3.46. The van der Waals surface area contributed by atoms with Gasteiger partial charge in [-0.1, -0.05) is 48.0 Å². The number of fused-ring (bicyclic) bond motifs is 1. The summed E-state index contributed by atoms with van der Waals surface area (Å²) < 4.78 is 35.2. The van der Waals surface area contributed by atoms with Crippen molar-refractivity contribution in [2.75, 3.05) is 5.73 Å². The first-order valence-corrected chi connectivity index (χ1v) is 10.9. The van der Waals surface area contributed by atoms with Crippen LogP contribution in [0.5, 0.6) is 0 Å². The number of anilines is 1. The molecular formula is C23H19N4NaO3S. The van der Waals surface area contributed by atoms with E-state index in [0.717, 1.165) is 22.9 Å². The van der Waals surface area contributed by atoms with Gasteiger partial charge in [-0.25, -0.2) is 8.42 Å². The van der Waals surface area contributed by atoms with Gasteiger partial charge in [-0.3, -0.25) is 4.98 Å². The third-order valence-corrected chi connectivity index (χ3v) is 5.85. The van der Waals surface area contributed by atoms with Crippen LogP contribution in [0.2, 0.25) is 0 Å². The Labute approximate surface area is 208 Å². The van der Waals surface area contributed by atoms with Gasteiger partial charge >= 0.3 is 29.6 Å². The van der Waals surface area contributed by atoms with Crippen LogP contribution < -0.4 is 35.3 Å². The van der Waals surface area contributed by atoms with E-state index in [-0.39, 0.29) is 51.2 Å². The van der Waals surface area contributed by atoms with Crippen molar-refractivity contribution in [1.29, 1.82) is 0 Å². The first-order chi connectivity index (χ1) is 14.7. The molecule has 0 amide bonds. The number of nitrogen functional groups attached to an aromatic ring is 1. The van der Waals surface area contributed by atoms with Gasteiger partial charge in [0.05, 0.1) is 22.5 Å². The molecule has 7 nitrogen and oxygen atoms in total. The Morgan fingerprint density at radius 2 is 1.66 bits per heavy atom. The molecule has 1 heterocycles. The molecule has 4 aromatic rings. The summed E-state index contributed by atoms with van der Waals surface area (Å²) in [5.74, 6) is 0. The molecule has 0 aliphatic carbocycles. The quantitative estimate of drug-likeness (QED) is 0.220. The Hall–Kier alpha value is -2.62. The Morgan fingerprint density at radius 3 is 2.28 bits per heavy atom. The predicted molar refractivity (Wildman–Crippen MR) is 120 cm³/mol. The molecule has 0 spiro atoms. The Morgan fingerprint density at radius 1 is 0.938 bits per heavy atom. The van der Waals surface area contributed by atoms with E-state index in [4.69, 9.17) is 5.73 Å². The zero-order chi connectivity index (χ0) is 22.2. The monoisotopic (exact) mass is 454 g/mol. The van der Waals surface area contributed by atoms with E-state index in [1.165, 1.54) is 11.6 Å². The molecular weight excluding hydrogens is 435 g/mol. The Kier molecular flexibility index (Phi) is 7.12. The molecule has 0 bridgehead atoms. The average Bonchev–Trinajstić information content (AvgIpc) is 2.73. The molecule has 0 saturated carbocycles. The number of rotatable bonds is 4. The van der Waals surface area contributed by atoms with E-state index >= 15 is 0 Å². The van der Waals surface area contributed by atoms with Crippen LogP contribution in [0.15, 0.2) is 82.0 Å². The van der Waals surface area contributed by atoms with Gasteiger partial charge < -0.3 is 10.3 Å². The van der Waals surface area contributed by atoms with Crippen LogP contribution in [0.1, 0.15) is 11.1 Å². The SMILES string of the molecule is Cc1ccc(-c2ccc(N=Nc3cc(S(=O)(=O)[O-])c4ccccc4c3N)cn2)c(C)c1.[Na+]. The molecule has 156 valence electrons. The van der Waals surface area contributed by atoms with Gasteiger partial charge in [0.1, 0.15) is 21.5 Å². The maximum absolute atomic E-state index is 11.7. The second-order valence-electron chi connectivity index (χ2n) is 7.23. The number of aryl methyl sites for hydroxylation is 2. The summed E-state index contributed by atoms with van der Waals surface area (Å²) in [5, 5.41) is 8.90. The molecule has 32 heavy (non-hydrogen) atoms. The molecule has 0 saturated heterocycles. The molecule has 4 rings (SSSR count). The minimum atomic E-state index is -4.71. The van der Waals surface area contributed by atoms with Gasteiger partial charge in [-0.15, -0.1) is 10.2 Å². The van der Waals surface area contributed by atoms with Crippen LogP contribution in [-0.4, -0.2) is 18.0 Å². The number of hydrogen-bond donors (Lipinski definition) is 1. The normalized spacial score (nSPS) is 11.6. The maximum Gasteiger partial charge on any atom is 1.00 e. The summed E-state index contributed by atoms with van der Waals surface area (Å²) in [6.45, 7) is 4.07. The largest absolute Gasteiger partial charge is 1.00 e. The van der Waals surface area contributed by atoms with Crippen LogP contribution >= 0.6 is 0 Å². The molecule has 0 radical (unpaired) electrons. The molecule has 1 aromatic heterocycles. The van der Waals surface area contributed by atoms with E-state index in [0.29, 0.717) is 11.1 Å². The van der Waals surface area contributed by atoms with E-state index in [1.54, 1.807) is 30.5 Å². The number of benzene rings is 3. The topological polar surface area (TPSA) is 121 Å². The molecule has 0 atom stereocenters. The van der Waals surface area contributed by atoms with Crippen molar-refractivity contribution in [2.24, 2.45) is 10.2 Å². The minimum Gasteiger partial charge on any atom is -0.744 e. The number of azo groups is 1. The fourth-order valence-corrected chi connectivity index (χ4v) is 4.16. The van der Waals surface area contributed by atoms with Crippen molar-refractivity contribution in [3.05, 3.63) is 78.0 Å². The second kappa shape index (κ2) is 9.48. The van der Waals surface area contributed by atoms with Crippen molar-refractivity contribution < 1.29 is 42.5 Å². The number of pyridine rings is 1. The molecule has 0 aliphatic rings. The Bertz CT molecular complexity index is 1440. The number of aromatic nitrogens is 1. The van der Waals surface area contributed by atoms with Crippen LogP contribution in [0.4, 0.5) is 17.1 Å². The standard InChI is InChI=1S/C23H20N4O3S.Na/c1-14-7-9-17(15(2)11-14)20-10-8-16(13-25-20)26-27-21-12-22(31(28,29)30)18-5-3-4-6-19(18)23(21)24;/h3-13H,24H2,1-2H3,(H,28,29,30);/q;+1/p-1. The first kappa shape index (κ1) is 24.0. The minimum absolute atomic E-state index is 0. The summed E-state index contributed by atoms with van der Waals surface area (Å²) in [6, 6.07) is 17.4. The number of hydrogen-bond acceptors (Lipinski definition) is 7. The summed E-state index contributed by atoms with van der Waals surface area (Å²) in [7, 11) is -4.71. The fraction of sp³-hybridized carbons (Fsp3) is 0.0870. The molecule has 0 aliphatic heterocycles. The van der Waals surface area contributed by atoms with Crippen LogP contribution in [0, 0.1) is 13.8 Å². The van der Waals surface area contributed by atoms with Crippen molar-refractivity contribution >= 4 is 38.0 Å². The van der Waals surface area contributed by atoms with Crippen molar-refractivity contribution in [3.8, 4) is 11.3 Å². The molecule has 0 unspecified atom stereocenters. The molecule has 2 N–H and O–H groups in total. The van der Waals surface area contributed by atoms with E-state index < -0.39 is 10.1 Å². The molecule has 9 heteroatoms. The summed E-state index contributed by atoms with van der Waals surface area (Å²) in [4.78, 5) is 4.07. The van der Waals surface area contributed by atoms with E-state index in [1.807, 2.05) is 32.0 Å². The third-order valence-electron chi connectivity index (χ3n) is 4.97. The van der Waals surface area contributed by atoms with Crippen LogP contribution in [0.25, 0.3) is 22.0 Å². The third kappa shape index (κ3) is 4.90. The summed E-state index contributed by atoms with van der Waals surface area (Å²) in [5.41, 5.74) is 11.1. The van der Waals surface area contributed by atoms with E-state index in [9.17, 15) is 13.0 Å². The second-order valence-corrected chi connectivity index (χ2v) is 8.58. The summed E-state index contributed by atoms with van der Waals surface area (Å²) >= 11 is 0. The van der Waals surface area contributed by atoms with Crippen LogP contribution in [-0.2, 0) is 10.1 Å². The smallest absolute Gasteiger partial charge is 0.744 e. The van der Waals surface area contributed by atoms with Crippen molar-refractivity contribution in [1.82, 2.24) is 4.98 Å². The van der Waals surface area contributed by atoms with Gasteiger partial charge in [0.15, 0.2) is 0 Å². The molecule has 3 aromatic carbocycles. The van der Waals surface area contributed by atoms with E-state index in [2.05, 4.69) is 21.3 Å². The van der Waals surface area contributed by atoms with Crippen molar-refractivity contribution in [3.63, 3.8) is 0 Å². The zero-order valence-corrected chi connectivity index (χ0v) is 20.7. The number of nitrogens with zero attached hydrogens (tertiary/aromatic N) is 3. The predicted octanol–water partition coefficient (Wildman–Crippen LogP) is 2.42. The maximum atomic E-state index is 11.7. The Balaban J connectivity index is 0.00000289. The van der Waals surface area contributed by atoms with Crippen LogP contribution in [0.3, 0.4) is 0 Å². The molecule has 0 fully saturated rings. The van der Waals surface area contributed by atoms with Gasteiger partial charge in [0.2, 0.25) is 0 Å². The van der Waals surface area contributed by atoms with Gasteiger partial charge in [-0.05, 0) is 37.6 Å². The first-order valence-electron chi connectivity index (χ1n) is 9.46. The van der Waals surface area contributed by atoms with Gasteiger partial charge in [0, 0.05) is 16.3 Å². The zero-order valence-electron chi connectivity index (χ0n) is 17.9. The number of nitrogens with two attached hydrogens (primary N) is 1. The van der Waals surface area contributed by atoms with Gasteiger partial charge in [-0.2, -0.15) is 0 Å². The van der Waals surface area contributed by atoms with Gasteiger partial charge in [0.25, 0.3) is 0 Å².